The quantitative estimate of drug-likeness (QED) is 0.816. The van der Waals surface area contributed by atoms with Crippen molar-refractivity contribution in [2.75, 3.05) is 13.7 Å². The third-order valence-electron chi connectivity index (χ3n) is 3.51. The number of carbonyl (C=O) groups is 2. The number of rotatable bonds is 6. The second kappa shape index (κ2) is 8.34. The molecule has 2 atom stereocenters. The molecule has 5 heteroatoms. The van der Waals surface area contributed by atoms with Crippen molar-refractivity contribution in [3.63, 3.8) is 0 Å². The SMILES string of the molecule is COC(=O)[C@@H](C/C=C/c1ccccc1)NC(=O)[C@@H]1CCCO1. The van der Waals surface area contributed by atoms with Crippen LogP contribution in [0.2, 0.25) is 0 Å². The van der Waals surface area contributed by atoms with E-state index in [2.05, 4.69) is 5.32 Å². The summed E-state index contributed by atoms with van der Waals surface area (Å²) < 4.78 is 10.1. The summed E-state index contributed by atoms with van der Waals surface area (Å²) in [6.45, 7) is 0.592. The Morgan fingerprint density at radius 1 is 1.41 bits per heavy atom. The summed E-state index contributed by atoms with van der Waals surface area (Å²) in [6.07, 6.45) is 5.25. The molecule has 0 saturated carbocycles. The molecule has 0 radical (unpaired) electrons. The fourth-order valence-electron chi connectivity index (χ4n) is 2.31. The average Bonchev–Trinajstić information content (AvgIpc) is 3.08. The van der Waals surface area contributed by atoms with E-state index in [4.69, 9.17) is 9.47 Å². The summed E-state index contributed by atoms with van der Waals surface area (Å²) in [5.41, 5.74) is 1.04. The summed E-state index contributed by atoms with van der Waals surface area (Å²) >= 11 is 0. The monoisotopic (exact) mass is 303 g/mol. The van der Waals surface area contributed by atoms with E-state index in [0.29, 0.717) is 19.4 Å². The third-order valence-corrected chi connectivity index (χ3v) is 3.51. The van der Waals surface area contributed by atoms with E-state index < -0.39 is 18.1 Å². The largest absolute Gasteiger partial charge is 0.467 e. The molecule has 1 aromatic rings. The van der Waals surface area contributed by atoms with Crippen LogP contribution < -0.4 is 5.32 Å². The van der Waals surface area contributed by atoms with Gasteiger partial charge >= 0.3 is 5.97 Å². The topological polar surface area (TPSA) is 64.6 Å². The zero-order valence-electron chi connectivity index (χ0n) is 12.7. The van der Waals surface area contributed by atoms with Gasteiger partial charge in [0.15, 0.2) is 0 Å². The molecule has 1 N–H and O–H groups in total. The maximum Gasteiger partial charge on any atom is 0.328 e. The van der Waals surface area contributed by atoms with Crippen molar-refractivity contribution in [2.45, 2.75) is 31.4 Å². The van der Waals surface area contributed by atoms with Crippen LogP contribution in [-0.4, -0.2) is 37.7 Å². The summed E-state index contributed by atoms with van der Waals surface area (Å²) in [6, 6.07) is 9.06. The van der Waals surface area contributed by atoms with Gasteiger partial charge in [-0.1, -0.05) is 42.5 Å². The Morgan fingerprint density at radius 2 is 2.18 bits per heavy atom. The molecule has 2 rings (SSSR count). The first-order valence-electron chi connectivity index (χ1n) is 7.42. The van der Waals surface area contributed by atoms with E-state index >= 15 is 0 Å². The van der Waals surface area contributed by atoms with E-state index in [1.165, 1.54) is 7.11 Å². The first-order valence-corrected chi connectivity index (χ1v) is 7.42. The lowest BCUT2D eigenvalue weighted by atomic mass is 10.1. The highest BCUT2D eigenvalue weighted by Gasteiger charge is 2.28. The van der Waals surface area contributed by atoms with Gasteiger partial charge in [0, 0.05) is 6.61 Å². The summed E-state index contributed by atoms with van der Waals surface area (Å²) in [7, 11) is 1.31. The number of ether oxygens (including phenoxy) is 2. The van der Waals surface area contributed by atoms with E-state index in [1.807, 2.05) is 42.5 Å². The zero-order valence-corrected chi connectivity index (χ0v) is 12.7. The van der Waals surface area contributed by atoms with Crippen LogP contribution in [0.25, 0.3) is 6.08 Å². The third kappa shape index (κ3) is 4.70. The molecule has 0 aliphatic carbocycles. The molecule has 1 aromatic carbocycles. The molecule has 22 heavy (non-hydrogen) atoms. The van der Waals surface area contributed by atoms with Crippen LogP contribution in [0, 0.1) is 0 Å². The molecule has 1 heterocycles. The van der Waals surface area contributed by atoms with Crippen LogP contribution in [0.15, 0.2) is 36.4 Å². The van der Waals surface area contributed by atoms with E-state index in [0.717, 1.165) is 12.0 Å². The van der Waals surface area contributed by atoms with Crippen molar-refractivity contribution in [1.82, 2.24) is 5.32 Å². The highest BCUT2D eigenvalue weighted by molar-refractivity contribution is 5.87. The molecule has 0 spiro atoms. The van der Waals surface area contributed by atoms with Gasteiger partial charge in [0.05, 0.1) is 7.11 Å². The van der Waals surface area contributed by atoms with Crippen molar-refractivity contribution >= 4 is 18.0 Å². The Labute approximate surface area is 130 Å². The molecule has 0 aromatic heterocycles. The molecular formula is C17H21NO4. The summed E-state index contributed by atoms with van der Waals surface area (Å²) in [5.74, 6) is -0.704. The molecule has 1 aliphatic heterocycles. The fourth-order valence-corrected chi connectivity index (χ4v) is 2.31. The lowest BCUT2D eigenvalue weighted by molar-refractivity contribution is -0.146. The van der Waals surface area contributed by atoms with Crippen LogP contribution in [0.4, 0.5) is 0 Å². The predicted octanol–water partition coefficient (Wildman–Crippen LogP) is 1.93. The van der Waals surface area contributed by atoms with E-state index in [9.17, 15) is 9.59 Å². The molecule has 1 fully saturated rings. The van der Waals surface area contributed by atoms with Gasteiger partial charge in [-0.25, -0.2) is 4.79 Å². The zero-order chi connectivity index (χ0) is 15.8. The molecule has 0 unspecified atom stereocenters. The van der Waals surface area contributed by atoms with Gasteiger partial charge < -0.3 is 14.8 Å². The summed E-state index contributed by atoms with van der Waals surface area (Å²) in [4.78, 5) is 23.8. The minimum Gasteiger partial charge on any atom is -0.467 e. The lowest BCUT2D eigenvalue weighted by Gasteiger charge is -2.17. The van der Waals surface area contributed by atoms with Gasteiger partial charge in [-0.3, -0.25) is 4.79 Å². The highest BCUT2D eigenvalue weighted by atomic mass is 16.5. The maximum absolute atomic E-state index is 12.0. The standard InChI is InChI=1S/C17H21NO4/c1-21-17(20)14(18-16(19)15-11-6-12-22-15)10-5-9-13-7-3-2-4-8-13/h2-5,7-9,14-15H,6,10-12H2,1H3,(H,18,19)/b9-5+/t14-,15+/m1/s1. The van der Waals surface area contributed by atoms with Gasteiger partial charge in [0.2, 0.25) is 5.91 Å². The van der Waals surface area contributed by atoms with E-state index in [1.54, 1.807) is 0 Å². The number of benzene rings is 1. The number of methoxy groups -OCH3 is 1. The van der Waals surface area contributed by atoms with Crippen molar-refractivity contribution in [3.8, 4) is 0 Å². The van der Waals surface area contributed by atoms with Crippen LogP contribution in [0.5, 0.6) is 0 Å². The minimum atomic E-state index is -0.693. The van der Waals surface area contributed by atoms with Crippen LogP contribution in [0.3, 0.4) is 0 Å². The van der Waals surface area contributed by atoms with Crippen molar-refractivity contribution in [2.24, 2.45) is 0 Å². The molecule has 0 bridgehead atoms. The van der Waals surface area contributed by atoms with Crippen molar-refractivity contribution in [3.05, 3.63) is 42.0 Å². The van der Waals surface area contributed by atoms with Crippen molar-refractivity contribution < 1.29 is 19.1 Å². The Balaban J connectivity index is 1.92. The second-order valence-corrected chi connectivity index (χ2v) is 5.13. The minimum absolute atomic E-state index is 0.249. The number of esters is 1. The highest BCUT2D eigenvalue weighted by Crippen LogP contribution is 2.13. The average molecular weight is 303 g/mol. The number of hydrogen-bond donors (Lipinski definition) is 1. The van der Waals surface area contributed by atoms with E-state index in [-0.39, 0.29) is 5.91 Å². The van der Waals surface area contributed by atoms with Crippen LogP contribution >= 0.6 is 0 Å². The van der Waals surface area contributed by atoms with Crippen LogP contribution in [0.1, 0.15) is 24.8 Å². The predicted molar refractivity (Wildman–Crippen MR) is 83.0 cm³/mol. The van der Waals surface area contributed by atoms with Gasteiger partial charge in [-0.2, -0.15) is 0 Å². The Morgan fingerprint density at radius 3 is 2.82 bits per heavy atom. The molecule has 118 valence electrons. The van der Waals surface area contributed by atoms with Gasteiger partial charge in [-0.15, -0.1) is 0 Å². The van der Waals surface area contributed by atoms with Gasteiger partial charge in [0.25, 0.3) is 0 Å². The Hall–Kier alpha value is -2.14. The number of amides is 1. The molecule has 1 aliphatic rings. The molecule has 1 saturated heterocycles. The normalized spacial score (nSPS) is 19.0. The number of hydrogen-bond acceptors (Lipinski definition) is 4. The molecule has 5 nitrogen and oxygen atoms in total. The summed E-state index contributed by atoms with van der Waals surface area (Å²) in [5, 5.41) is 2.71. The number of carbonyl (C=O) groups excluding carboxylic acids is 2. The smallest absolute Gasteiger partial charge is 0.328 e. The molecule has 1 amide bonds. The first kappa shape index (κ1) is 16.2. The van der Waals surface area contributed by atoms with Crippen molar-refractivity contribution in [1.29, 1.82) is 0 Å². The Bertz CT molecular complexity index is 521. The second-order valence-electron chi connectivity index (χ2n) is 5.13. The van der Waals surface area contributed by atoms with Crippen LogP contribution in [-0.2, 0) is 19.1 Å². The lowest BCUT2D eigenvalue weighted by Crippen LogP contribution is -2.45. The first-order chi connectivity index (χ1) is 10.7. The number of nitrogens with one attached hydrogen (secondary N) is 1. The Kier molecular flexibility index (Phi) is 6.15. The molecular weight excluding hydrogens is 282 g/mol. The van der Waals surface area contributed by atoms with Gasteiger partial charge in [-0.05, 0) is 24.8 Å². The maximum atomic E-state index is 12.0. The fraction of sp³-hybridized carbons (Fsp3) is 0.412. The van der Waals surface area contributed by atoms with Gasteiger partial charge in [0.1, 0.15) is 12.1 Å².